The Kier molecular flexibility index (Phi) is 7.45. The van der Waals surface area contributed by atoms with Crippen LogP contribution in [0.4, 0.5) is 5.69 Å². The third kappa shape index (κ3) is 5.80. The first-order valence-corrected chi connectivity index (χ1v) is 11.0. The Labute approximate surface area is 186 Å². The number of rotatable bonds is 7. The first-order chi connectivity index (χ1) is 14.4. The fourth-order valence-electron chi connectivity index (χ4n) is 2.74. The molecule has 0 radical (unpaired) electrons. The number of nitrogens with one attached hydrogen (secondary N) is 1. The molecule has 1 aliphatic rings. The predicted molar refractivity (Wildman–Crippen MR) is 125 cm³/mol. The average molecular weight is 445 g/mol. The highest BCUT2D eigenvalue weighted by molar-refractivity contribution is 8.18. The van der Waals surface area contributed by atoms with Crippen LogP contribution in [0.1, 0.15) is 31.9 Å². The van der Waals surface area contributed by atoms with Gasteiger partial charge in [-0.2, -0.15) is 0 Å². The molecular formula is C23H25ClN2O3S. The standard InChI is InChI=1S/C23H25ClN2O3S/c1-5-28-20-11-16(6-9-19(20)29-13-14(2)3)12-21-22(27)26-23(30-21)25-18-8-7-17(24)10-15(18)4/h6-12,14H,5,13H2,1-4H3,(H,25,26,27)/b21-12-. The molecule has 0 atom stereocenters. The quantitative estimate of drug-likeness (QED) is 0.534. The van der Waals surface area contributed by atoms with Gasteiger partial charge in [0.25, 0.3) is 5.91 Å². The van der Waals surface area contributed by atoms with E-state index in [2.05, 4.69) is 24.2 Å². The Hall–Kier alpha value is -2.44. The number of ether oxygens (including phenoxy) is 2. The fraction of sp³-hybridized carbons (Fsp3) is 0.304. The molecule has 1 fully saturated rings. The van der Waals surface area contributed by atoms with Gasteiger partial charge in [-0.05, 0) is 79.1 Å². The summed E-state index contributed by atoms with van der Waals surface area (Å²) in [4.78, 5) is 17.5. The van der Waals surface area contributed by atoms with Gasteiger partial charge >= 0.3 is 0 Å². The lowest BCUT2D eigenvalue weighted by Crippen LogP contribution is -2.19. The third-order valence-corrected chi connectivity index (χ3v) is 5.31. The van der Waals surface area contributed by atoms with Gasteiger partial charge in [-0.15, -0.1) is 0 Å². The molecule has 2 aromatic rings. The molecule has 0 bridgehead atoms. The summed E-state index contributed by atoms with van der Waals surface area (Å²) in [6.07, 6.45) is 1.83. The minimum absolute atomic E-state index is 0.177. The topological polar surface area (TPSA) is 59.9 Å². The van der Waals surface area contributed by atoms with Crippen molar-refractivity contribution in [2.75, 3.05) is 13.2 Å². The molecule has 0 aliphatic carbocycles. The molecule has 0 aromatic heterocycles. The van der Waals surface area contributed by atoms with E-state index in [0.29, 0.717) is 45.7 Å². The Bertz CT molecular complexity index is 1000. The lowest BCUT2D eigenvalue weighted by molar-refractivity contribution is -0.115. The summed E-state index contributed by atoms with van der Waals surface area (Å²) in [5.41, 5.74) is 2.58. The molecule has 30 heavy (non-hydrogen) atoms. The minimum Gasteiger partial charge on any atom is -0.490 e. The van der Waals surface area contributed by atoms with E-state index in [1.54, 1.807) is 6.07 Å². The summed E-state index contributed by atoms with van der Waals surface area (Å²) in [5.74, 6) is 1.61. The summed E-state index contributed by atoms with van der Waals surface area (Å²) in [6.45, 7) is 9.20. The van der Waals surface area contributed by atoms with Gasteiger partial charge in [0.2, 0.25) is 0 Å². The molecule has 0 unspecified atom stereocenters. The SMILES string of the molecule is CCOc1cc(/C=C2\SC(=Nc3ccc(Cl)cc3C)NC2=O)ccc1OCC(C)C. The Morgan fingerprint density at radius 3 is 2.67 bits per heavy atom. The number of thioether (sulfide) groups is 1. The second-order valence-corrected chi connectivity index (χ2v) is 8.72. The first-order valence-electron chi connectivity index (χ1n) is 9.81. The second-order valence-electron chi connectivity index (χ2n) is 7.26. The minimum atomic E-state index is -0.177. The molecule has 1 heterocycles. The Morgan fingerprint density at radius 2 is 1.97 bits per heavy atom. The van der Waals surface area contributed by atoms with E-state index in [4.69, 9.17) is 21.1 Å². The number of nitrogens with zero attached hydrogens (tertiary/aromatic N) is 1. The van der Waals surface area contributed by atoms with Crippen LogP contribution in [0.2, 0.25) is 5.02 Å². The summed E-state index contributed by atoms with van der Waals surface area (Å²) in [6, 6.07) is 11.1. The number of hydrogen-bond donors (Lipinski definition) is 1. The van der Waals surface area contributed by atoms with Crippen LogP contribution < -0.4 is 14.8 Å². The number of benzene rings is 2. The van der Waals surface area contributed by atoms with Crippen LogP contribution in [0.15, 0.2) is 46.3 Å². The zero-order valence-corrected chi connectivity index (χ0v) is 19.1. The van der Waals surface area contributed by atoms with Crippen molar-refractivity contribution in [3.63, 3.8) is 0 Å². The van der Waals surface area contributed by atoms with E-state index >= 15 is 0 Å². The van der Waals surface area contributed by atoms with E-state index in [1.807, 2.05) is 50.3 Å². The number of amidine groups is 1. The van der Waals surface area contributed by atoms with E-state index in [9.17, 15) is 4.79 Å². The van der Waals surface area contributed by atoms with Crippen LogP contribution in [-0.4, -0.2) is 24.3 Å². The van der Waals surface area contributed by atoms with Crippen molar-refractivity contribution in [1.82, 2.24) is 5.32 Å². The molecule has 1 N–H and O–H groups in total. The van der Waals surface area contributed by atoms with Crippen LogP contribution in [0.3, 0.4) is 0 Å². The molecule has 0 spiro atoms. The van der Waals surface area contributed by atoms with Crippen molar-refractivity contribution in [2.45, 2.75) is 27.7 Å². The molecule has 0 saturated carbocycles. The van der Waals surface area contributed by atoms with Gasteiger partial charge in [-0.25, -0.2) is 4.99 Å². The van der Waals surface area contributed by atoms with E-state index < -0.39 is 0 Å². The van der Waals surface area contributed by atoms with Crippen molar-refractivity contribution in [3.8, 4) is 11.5 Å². The zero-order chi connectivity index (χ0) is 21.7. The zero-order valence-electron chi connectivity index (χ0n) is 17.5. The monoisotopic (exact) mass is 444 g/mol. The lowest BCUT2D eigenvalue weighted by Gasteiger charge is -2.14. The van der Waals surface area contributed by atoms with Gasteiger partial charge in [0.1, 0.15) is 0 Å². The second kappa shape index (κ2) is 10.0. The number of aryl methyl sites for hydroxylation is 1. The maximum atomic E-state index is 12.4. The summed E-state index contributed by atoms with van der Waals surface area (Å²) >= 11 is 7.30. The third-order valence-electron chi connectivity index (χ3n) is 4.17. The molecule has 2 aromatic carbocycles. The van der Waals surface area contributed by atoms with Gasteiger partial charge in [-0.3, -0.25) is 4.79 Å². The van der Waals surface area contributed by atoms with Crippen molar-refractivity contribution in [2.24, 2.45) is 10.9 Å². The molecule has 5 nitrogen and oxygen atoms in total. The maximum absolute atomic E-state index is 12.4. The normalized spacial score (nSPS) is 16.4. The lowest BCUT2D eigenvalue weighted by atomic mass is 10.2. The van der Waals surface area contributed by atoms with E-state index in [1.165, 1.54) is 11.8 Å². The summed E-state index contributed by atoms with van der Waals surface area (Å²) in [7, 11) is 0. The van der Waals surface area contributed by atoms with Crippen molar-refractivity contribution >= 4 is 46.2 Å². The van der Waals surface area contributed by atoms with Crippen molar-refractivity contribution < 1.29 is 14.3 Å². The largest absolute Gasteiger partial charge is 0.490 e. The molecule has 3 rings (SSSR count). The van der Waals surface area contributed by atoms with Gasteiger partial charge in [0, 0.05) is 5.02 Å². The van der Waals surface area contributed by atoms with Crippen LogP contribution in [0.5, 0.6) is 11.5 Å². The maximum Gasteiger partial charge on any atom is 0.264 e. The molecule has 1 amide bonds. The molecule has 1 aliphatic heterocycles. The van der Waals surface area contributed by atoms with Gasteiger partial charge in [-0.1, -0.05) is 31.5 Å². The molecular weight excluding hydrogens is 420 g/mol. The number of amides is 1. The van der Waals surface area contributed by atoms with Crippen molar-refractivity contribution in [3.05, 3.63) is 57.5 Å². The number of carbonyl (C=O) groups is 1. The molecule has 158 valence electrons. The number of hydrogen-bond acceptors (Lipinski definition) is 5. The predicted octanol–water partition coefficient (Wildman–Crippen LogP) is 5.97. The summed E-state index contributed by atoms with van der Waals surface area (Å²) < 4.78 is 11.6. The Balaban J connectivity index is 1.81. The van der Waals surface area contributed by atoms with Crippen molar-refractivity contribution in [1.29, 1.82) is 0 Å². The van der Waals surface area contributed by atoms with Gasteiger partial charge < -0.3 is 14.8 Å². The van der Waals surface area contributed by atoms with Crippen LogP contribution in [-0.2, 0) is 4.79 Å². The summed E-state index contributed by atoms with van der Waals surface area (Å²) in [5, 5.41) is 4.01. The number of carbonyl (C=O) groups excluding carboxylic acids is 1. The highest BCUT2D eigenvalue weighted by Gasteiger charge is 2.24. The Morgan fingerprint density at radius 1 is 1.17 bits per heavy atom. The van der Waals surface area contributed by atoms with Crippen LogP contribution in [0.25, 0.3) is 6.08 Å². The molecule has 7 heteroatoms. The van der Waals surface area contributed by atoms with Gasteiger partial charge in [0.05, 0.1) is 23.8 Å². The highest BCUT2D eigenvalue weighted by atomic mass is 35.5. The number of halogens is 1. The smallest absolute Gasteiger partial charge is 0.264 e. The highest BCUT2D eigenvalue weighted by Crippen LogP contribution is 2.33. The van der Waals surface area contributed by atoms with E-state index in [0.717, 1.165) is 16.8 Å². The van der Waals surface area contributed by atoms with Crippen LogP contribution in [0, 0.1) is 12.8 Å². The van der Waals surface area contributed by atoms with Crippen LogP contribution >= 0.6 is 23.4 Å². The fourth-order valence-corrected chi connectivity index (χ4v) is 3.81. The number of aliphatic imine (C=N–C) groups is 1. The first kappa shape index (κ1) is 22.2. The van der Waals surface area contributed by atoms with Gasteiger partial charge in [0.15, 0.2) is 16.7 Å². The average Bonchev–Trinajstić information content (AvgIpc) is 3.02. The van der Waals surface area contributed by atoms with E-state index in [-0.39, 0.29) is 5.91 Å². The molecule has 1 saturated heterocycles.